The summed E-state index contributed by atoms with van der Waals surface area (Å²) >= 11 is 5.83. The van der Waals surface area contributed by atoms with Gasteiger partial charge in [0.05, 0.1) is 0 Å². The Morgan fingerprint density at radius 3 is 2.80 bits per heavy atom. The van der Waals surface area contributed by atoms with E-state index in [0.717, 1.165) is 43.7 Å². The van der Waals surface area contributed by atoms with Crippen LogP contribution < -0.4 is 0 Å². The summed E-state index contributed by atoms with van der Waals surface area (Å²) in [5, 5.41) is 0. The average Bonchev–Trinajstić information content (AvgIpc) is 2.97. The van der Waals surface area contributed by atoms with Crippen LogP contribution in [-0.2, 0) is 5.88 Å². The molecule has 1 aromatic rings. The van der Waals surface area contributed by atoms with E-state index >= 15 is 0 Å². The van der Waals surface area contributed by atoms with Gasteiger partial charge in [0, 0.05) is 30.6 Å². The van der Waals surface area contributed by atoms with Crippen LogP contribution in [0.15, 0.2) is 24.3 Å². The Bertz CT molecular complexity index is 460. The van der Waals surface area contributed by atoms with E-state index in [1.807, 2.05) is 29.2 Å². The van der Waals surface area contributed by atoms with E-state index in [2.05, 4.69) is 18.7 Å². The number of likely N-dealkylation sites (tertiary alicyclic amines) is 1. The van der Waals surface area contributed by atoms with Crippen molar-refractivity contribution in [3.05, 3.63) is 35.4 Å². The number of rotatable bonds is 5. The first-order chi connectivity index (χ1) is 9.69. The third-order valence-corrected chi connectivity index (χ3v) is 4.42. The van der Waals surface area contributed by atoms with E-state index in [0.29, 0.717) is 11.9 Å². The number of hydrogen-bond acceptors (Lipinski definition) is 2. The van der Waals surface area contributed by atoms with Crippen molar-refractivity contribution in [3.63, 3.8) is 0 Å². The van der Waals surface area contributed by atoms with Gasteiger partial charge >= 0.3 is 0 Å². The molecule has 0 radical (unpaired) electrons. The second kappa shape index (κ2) is 7.09. The first-order valence-corrected chi connectivity index (χ1v) is 7.91. The minimum absolute atomic E-state index is 0.131. The van der Waals surface area contributed by atoms with E-state index < -0.39 is 0 Å². The number of carbonyl (C=O) groups excluding carboxylic acids is 1. The smallest absolute Gasteiger partial charge is 0.253 e. The molecule has 0 N–H and O–H groups in total. The molecule has 0 bridgehead atoms. The first kappa shape index (κ1) is 15.3. The van der Waals surface area contributed by atoms with Gasteiger partial charge in [-0.15, -0.1) is 11.6 Å². The summed E-state index contributed by atoms with van der Waals surface area (Å²) in [4.78, 5) is 16.9. The molecule has 110 valence electrons. The Morgan fingerprint density at radius 1 is 1.40 bits per heavy atom. The lowest BCUT2D eigenvalue weighted by Gasteiger charge is -2.26. The van der Waals surface area contributed by atoms with Crippen molar-refractivity contribution in [2.24, 2.45) is 0 Å². The van der Waals surface area contributed by atoms with Crippen LogP contribution in [0.4, 0.5) is 0 Å². The maximum atomic E-state index is 12.5. The van der Waals surface area contributed by atoms with Gasteiger partial charge in [-0.25, -0.2) is 0 Å². The molecule has 1 saturated heterocycles. The lowest BCUT2D eigenvalue weighted by Crippen LogP contribution is -2.38. The Labute approximate surface area is 126 Å². The number of hydrogen-bond donors (Lipinski definition) is 0. The van der Waals surface area contributed by atoms with Gasteiger partial charge in [0.2, 0.25) is 0 Å². The molecule has 1 unspecified atom stereocenters. The van der Waals surface area contributed by atoms with Gasteiger partial charge < -0.3 is 4.90 Å². The standard InChI is InChI=1S/C16H23ClN2O/c1-3-18(4-2)15-8-9-19(12-15)16(20)14-7-5-6-13(10-14)11-17/h5-7,10,15H,3-4,8-9,11-12H2,1-2H3. The SMILES string of the molecule is CCN(CC)C1CCN(C(=O)c2cccc(CCl)c2)C1. The van der Waals surface area contributed by atoms with E-state index in [9.17, 15) is 4.79 Å². The summed E-state index contributed by atoms with van der Waals surface area (Å²) in [6.45, 7) is 8.14. The summed E-state index contributed by atoms with van der Waals surface area (Å²) < 4.78 is 0. The minimum atomic E-state index is 0.131. The Morgan fingerprint density at radius 2 is 2.15 bits per heavy atom. The van der Waals surface area contributed by atoms with Crippen LogP contribution in [0.3, 0.4) is 0 Å². The number of halogens is 1. The maximum absolute atomic E-state index is 12.5. The van der Waals surface area contributed by atoms with Crippen molar-refractivity contribution < 1.29 is 4.79 Å². The molecular formula is C16H23ClN2O. The first-order valence-electron chi connectivity index (χ1n) is 7.37. The summed E-state index contributed by atoms with van der Waals surface area (Å²) in [6, 6.07) is 8.14. The minimum Gasteiger partial charge on any atom is -0.337 e. The number of alkyl halides is 1. The number of amides is 1. The lowest BCUT2D eigenvalue weighted by atomic mass is 10.1. The molecule has 20 heavy (non-hydrogen) atoms. The highest BCUT2D eigenvalue weighted by Crippen LogP contribution is 2.19. The van der Waals surface area contributed by atoms with Crippen LogP contribution in [0.2, 0.25) is 0 Å². The van der Waals surface area contributed by atoms with Gasteiger partial charge in [-0.05, 0) is 37.2 Å². The van der Waals surface area contributed by atoms with Crippen LogP contribution in [-0.4, -0.2) is 47.9 Å². The number of likely N-dealkylation sites (N-methyl/N-ethyl adjacent to an activating group) is 1. The quantitative estimate of drug-likeness (QED) is 0.780. The molecule has 1 aromatic carbocycles. The van der Waals surface area contributed by atoms with Crippen molar-refractivity contribution in [2.75, 3.05) is 26.2 Å². The Hall–Kier alpha value is -1.06. The lowest BCUT2D eigenvalue weighted by molar-refractivity contribution is 0.0778. The molecule has 1 fully saturated rings. The van der Waals surface area contributed by atoms with Gasteiger partial charge in [-0.3, -0.25) is 9.69 Å². The zero-order chi connectivity index (χ0) is 14.5. The summed E-state index contributed by atoms with van der Waals surface area (Å²) in [6.07, 6.45) is 1.07. The number of nitrogens with zero attached hydrogens (tertiary/aromatic N) is 2. The van der Waals surface area contributed by atoms with Gasteiger partial charge in [0.25, 0.3) is 5.91 Å². The van der Waals surface area contributed by atoms with Crippen molar-refractivity contribution in [2.45, 2.75) is 32.2 Å². The summed E-state index contributed by atoms with van der Waals surface area (Å²) in [5.74, 6) is 0.579. The molecule has 2 rings (SSSR count). The van der Waals surface area contributed by atoms with Crippen LogP contribution in [0, 0.1) is 0 Å². The fraction of sp³-hybridized carbons (Fsp3) is 0.562. The molecule has 1 aliphatic rings. The van der Waals surface area contributed by atoms with Gasteiger partial charge in [0.15, 0.2) is 0 Å². The van der Waals surface area contributed by atoms with Crippen molar-refractivity contribution in [1.29, 1.82) is 0 Å². The molecular weight excluding hydrogens is 272 g/mol. The summed E-state index contributed by atoms with van der Waals surface area (Å²) in [7, 11) is 0. The molecule has 1 atom stereocenters. The molecule has 0 aliphatic carbocycles. The van der Waals surface area contributed by atoms with E-state index in [-0.39, 0.29) is 5.91 Å². The molecule has 1 amide bonds. The Balaban J connectivity index is 2.03. The predicted molar refractivity (Wildman–Crippen MR) is 83.2 cm³/mol. The van der Waals surface area contributed by atoms with Gasteiger partial charge in [-0.1, -0.05) is 26.0 Å². The van der Waals surface area contributed by atoms with Crippen LogP contribution in [0.25, 0.3) is 0 Å². The molecule has 0 spiro atoms. The van der Waals surface area contributed by atoms with Crippen LogP contribution in [0.5, 0.6) is 0 Å². The van der Waals surface area contributed by atoms with Crippen molar-refractivity contribution in [3.8, 4) is 0 Å². The maximum Gasteiger partial charge on any atom is 0.253 e. The molecule has 0 saturated carbocycles. The van der Waals surface area contributed by atoms with E-state index in [4.69, 9.17) is 11.6 Å². The highest BCUT2D eigenvalue weighted by Gasteiger charge is 2.29. The molecule has 1 heterocycles. The zero-order valence-electron chi connectivity index (χ0n) is 12.3. The largest absolute Gasteiger partial charge is 0.337 e. The number of benzene rings is 1. The summed E-state index contributed by atoms with van der Waals surface area (Å²) in [5.41, 5.74) is 1.75. The third-order valence-electron chi connectivity index (χ3n) is 4.11. The fourth-order valence-corrected chi connectivity index (χ4v) is 3.10. The van der Waals surface area contributed by atoms with E-state index in [1.165, 1.54) is 0 Å². The normalized spacial score (nSPS) is 18.8. The molecule has 3 nitrogen and oxygen atoms in total. The van der Waals surface area contributed by atoms with Gasteiger partial charge in [-0.2, -0.15) is 0 Å². The highest BCUT2D eigenvalue weighted by molar-refractivity contribution is 6.17. The second-order valence-corrected chi connectivity index (χ2v) is 5.52. The van der Waals surface area contributed by atoms with Crippen LogP contribution in [0.1, 0.15) is 36.2 Å². The monoisotopic (exact) mass is 294 g/mol. The fourth-order valence-electron chi connectivity index (χ4n) is 2.93. The highest BCUT2D eigenvalue weighted by atomic mass is 35.5. The molecule has 4 heteroatoms. The predicted octanol–water partition coefficient (Wildman–Crippen LogP) is 2.98. The van der Waals surface area contributed by atoms with Crippen molar-refractivity contribution >= 4 is 17.5 Å². The number of carbonyl (C=O) groups is 1. The second-order valence-electron chi connectivity index (χ2n) is 5.25. The molecule has 0 aromatic heterocycles. The van der Waals surface area contributed by atoms with Crippen molar-refractivity contribution in [1.82, 2.24) is 9.80 Å². The average molecular weight is 295 g/mol. The van der Waals surface area contributed by atoms with E-state index in [1.54, 1.807) is 0 Å². The third kappa shape index (κ3) is 3.33. The topological polar surface area (TPSA) is 23.6 Å². The van der Waals surface area contributed by atoms with Crippen LogP contribution >= 0.6 is 11.6 Å². The van der Waals surface area contributed by atoms with Gasteiger partial charge in [0.1, 0.15) is 0 Å². The molecule has 1 aliphatic heterocycles. The Kier molecular flexibility index (Phi) is 5.44. The zero-order valence-corrected chi connectivity index (χ0v) is 13.1.